The van der Waals surface area contributed by atoms with Crippen LogP contribution in [0.4, 0.5) is 0 Å². The third-order valence-electron chi connectivity index (χ3n) is 4.72. The van der Waals surface area contributed by atoms with Crippen molar-refractivity contribution in [3.05, 3.63) is 59.2 Å². The molecular formula is C20H23ClN2O3. The molecule has 4 rings (SSSR count). The Kier molecular flexibility index (Phi) is 6.01. The SMILES string of the molecule is Cl.O=C(NCCc1ccc2c(c1)OCCO2)C1Cc2ccccc2CN1. The van der Waals surface area contributed by atoms with Gasteiger partial charge in [0.25, 0.3) is 0 Å². The summed E-state index contributed by atoms with van der Waals surface area (Å²) >= 11 is 0. The molecule has 26 heavy (non-hydrogen) atoms. The molecule has 0 fully saturated rings. The number of rotatable bonds is 4. The zero-order valence-electron chi connectivity index (χ0n) is 14.5. The van der Waals surface area contributed by atoms with Crippen LogP contribution in [0.2, 0.25) is 0 Å². The molecule has 1 amide bonds. The highest BCUT2D eigenvalue weighted by Crippen LogP contribution is 2.30. The minimum Gasteiger partial charge on any atom is -0.486 e. The predicted molar refractivity (Wildman–Crippen MR) is 102 cm³/mol. The second-order valence-electron chi connectivity index (χ2n) is 6.43. The van der Waals surface area contributed by atoms with Crippen molar-refractivity contribution >= 4 is 18.3 Å². The van der Waals surface area contributed by atoms with E-state index in [2.05, 4.69) is 22.8 Å². The molecule has 2 N–H and O–H groups in total. The number of carbonyl (C=O) groups excluding carboxylic acids is 1. The Morgan fingerprint density at radius 1 is 1.08 bits per heavy atom. The molecule has 0 bridgehead atoms. The Balaban J connectivity index is 0.00000196. The Labute approximate surface area is 159 Å². The first-order valence-corrected chi connectivity index (χ1v) is 8.76. The Morgan fingerprint density at radius 2 is 1.85 bits per heavy atom. The van der Waals surface area contributed by atoms with Crippen molar-refractivity contribution in [1.82, 2.24) is 10.6 Å². The molecule has 2 aliphatic rings. The van der Waals surface area contributed by atoms with Gasteiger partial charge in [-0.1, -0.05) is 30.3 Å². The fraction of sp³-hybridized carbons (Fsp3) is 0.350. The van der Waals surface area contributed by atoms with Crippen molar-refractivity contribution in [2.45, 2.75) is 25.4 Å². The molecule has 1 unspecified atom stereocenters. The summed E-state index contributed by atoms with van der Waals surface area (Å²) in [4.78, 5) is 12.4. The summed E-state index contributed by atoms with van der Waals surface area (Å²) in [5.41, 5.74) is 3.67. The van der Waals surface area contributed by atoms with Gasteiger partial charge in [-0.25, -0.2) is 0 Å². The molecule has 138 valence electrons. The summed E-state index contributed by atoms with van der Waals surface area (Å²) in [7, 11) is 0. The van der Waals surface area contributed by atoms with E-state index >= 15 is 0 Å². The average molecular weight is 375 g/mol. The van der Waals surface area contributed by atoms with Crippen LogP contribution in [0.3, 0.4) is 0 Å². The number of fused-ring (bicyclic) bond motifs is 2. The van der Waals surface area contributed by atoms with Crippen LogP contribution in [-0.4, -0.2) is 31.7 Å². The van der Waals surface area contributed by atoms with Crippen LogP contribution in [0.25, 0.3) is 0 Å². The Bertz CT molecular complexity index is 781. The maximum Gasteiger partial charge on any atom is 0.237 e. The fourth-order valence-electron chi connectivity index (χ4n) is 3.34. The van der Waals surface area contributed by atoms with Crippen LogP contribution in [-0.2, 0) is 24.2 Å². The van der Waals surface area contributed by atoms with E-state index in [1.807, 2.05) is 30.3 Å². The lowest BCUT2D eigenvalue weighted by Crippen LogP contribution is -2.48. The zero-order valence-corrected chi connectivity index (χ0v) is 15.3. The van der Waals surface area contributed by atoms with Gasteiger partial charge in [-0.2, -0.15) is 0 Å². The van der Waals surface area contributed by atoms with E-state index in [1.165, 1.54) is 11.1 Å². The van der Waals surface area contributed by atoms with Crippen LogP contribution in [0, 0.1) is 0 Å². The van der Waals surface area contributed by atoms with Gasteiger partial charge in [0.15, 0.2) is 11.5 Å². The minimum atomic E-state index is -0.157. The van der Waals surface area contributed by atoms with E-state index in [-0.39, 0.29) is 24.4 Å². The number of hydrogen-bond donors (Lipinski definition) is 2. The summed E-state index contributed by atoms with van der Waals surface area (Å²) in [6, 6.07) is 14.1. The summed E-state index contributed by atoms with van der Waals surface area (Å²) in [5.74, 6) is 1.65. The lowest BCUT2D eigenvalue weighted by Gasteiger charge is -2.25. The van der Waals surface area contributed by atoms with Crippen LogP contribution in [0.15, 0.2) is 42.5 Å². The van der Waals surface area contributed by atoms with E-state index in [4.69, 9.17) is 9.47 Å². The molecule has 0 saturated carbocycles. The first kappa shape index (κ1) is 18.5. The van der Waals surface area contributed by atoms with Gasteiger partial charge in [-0.05, 0) is 41.7 Å². The molecule has 2 aliphatic heterocycles. The van der Waals surface area contributed by atoms with Gasteiger partial charge in [-0.15, -0.1) is 12.4 Å². The van der Waals surface area contributed by atoms with Gasteiger partial charge in [0, 0.05) is 13.1 Å². The number of nitrogens with one attached hydrogen (secondary N) is 2. The molecule has 2 aromatic rings. The van der Waals surface area contributed by atoms with Crippen LogP contribution in [0.1, 0.15) is 16.7 Å². The second-order valence-corrected chi connectivity index (χ2v) is 6.43. The number of ether oxygens (including phenoxy) is 2. The lowest BCUT2D eigenvalue weighted by molar-refractivity contribution is -0.123. The Hall–Kier alpha value is -2.24. The third kappa shape index (κ3) is 4.11. The molecule has 0 radical (unpaired) electrons. The van der Waals surface area contributed by atoms with Crippen molar-refractivity contribution in [3.63, 3.8) is 0 Å². The van der Waals surface area contributed by atoms with E-state index in [1.54, 1.807) is 0 Å². The smallest absolute Gasteiger partial charge is 0.237 e. The quantitative estimate of drug-likeness (QED) is 0.861. The normalized spacial score (nSPS) is 17.6. The zero-order chi connectivity index (χ0) is 17.1. The molecular weight excluding hydrogens is 352 g/mol. The summed E-state index contributed by atoms with van der Waals surface area (Å²) in [6.07, 6.45) is 1.51. The highest BCUT2D eigenvalue weighted by atomic mass is 35.5. The van der Waals surface area contributed by atoms with Crippen LogP contribution in [0.5, 0.6) is 11.5 Å². The molecule has 1 atom stereocenters. The molecule has 0 saturated heterocycles. The molecule has 0 aromatic heterocycles. The van der Waals surface area contributed by atoms with Crippen molar-refractivity contribution in [2.24, 2.45) is 0 Å². The van der Waals surface area contributed by atoms with Crippen LogP contribution < -0.4 is 20.1 Å². The summed E-state index contributed by atoms with van der Waals surface area (Å²) in [6.45, 7) is 2.54. The van der Waals surface area contributed by atoms with E-state index in [0.717, 1.165) is 36.4 Å². The maximum atomic E-state index is 12.4. The number of amides is 1. The fourth-order valence-corrected chi connectivity index (χ4v) is 3.34. The number of halogens is 1. The van der Waals surface area contributed by atoms with Crippen molar-refractivity contribution in [3.8, 4) is 11.5 Å². The molecule has 2 heterocycles. The largest absolute Gasteiger partial charge is 0.486 e. The molecule has 5 nitrogen and oxygen atoms in total. The van der Waals surface area contributed by atoms with Crippen LogP contribution >= 0.6 is 12.4 Å². The molecule has 2 aromatic carbocycles. The number of carbonyl (C=O) groups is 1. The first-order chi connectivity index (χ1) is 12.3. The van der Waals surface area contributed by atoms with Gasteiger partial charge in [-0.3, -0.25) is 4.79 Å². The van der Waals surface area contributed by atoms with Gasteiger partial charge >= 0.3 is 0 Å². The van der Waals surface area contributed by atoms with E-state index < -0.39 is 0 Å². The molecule has 0 spiro atoms. The summed E-state index contributed by atoms with van der Waals surface area (Å²) < 4.78 is 11.1. The van der Waals surface area contributed by atoms with E-state index in [0.29, 0.717) is 19.8 Å². The highest BCUT2D eigenvalue weighted by Gasteiger charge is 2.23. The van der Waals surface area contributed by atoms with Crippen molar-refractivity contribution in [2.75, 3.05) is 19.8 Å². The summed E-state index contributed by atoms with van der Waals surface area (Å²) in [5, 5.41) is 6.35. The monoisotopic (exact) mass is 374 g/mol. The van der Waals surface area contributed by atoms with E-state index in [9.17, 15) is 4.79 Å². The number of hydrogen-bond acceptors (Lipinski definition) is 4. The van der Waals surface area contributed by atoms with Gasteiger partial charge in [0.1, 0.15) is 13.2 Å². The Morgan fingerprint density at radius 3 is 2.69 bits per heavy atom. The van der Waals surface area contributed by atoms with Crippen molar-refractivity contribution < 1.29 is 14.3 Å². The second kappa shape index (κ2) is 8.43. The number of benzene rings is 2. The average Bonchev–Trinajstić information content (AvgIpc) is 2.67. The standard InChI is InChI=1S/C20H22N2O3.ClH/c23-20(17-12-15-3-1-2-4-16(15)13-22-17)21-8-7-14-5-6-18-19(11-14)25-10-9-24-18;/h1-6,11,17,22H,7-10,12-13H2,(H,21,23);1H. The maximum absolute atomic E-state index is 12.4. The van der Waals surface area contributed by atoms with Crippen molar-refractivity contribution in [1.29, 1.82) is 0 Å². The van der Waals surface area contributed by atoms with Gasteiger partial charge in [0.05, 0.1) is 6.04 Å². The molecule has 0 aliphatic carbocycles. The van der Waals surface area contributed by atoms with Gasteiger partial charge < -0.3 is 20.1 Å². The molecule has 6 heteroatoms. The minimum absolute atomic E-state index is 0. The lowest BCUT2D eigenvalue weighted by atomic mass is 9.95. The first-order valence-electron chi connectivity index (χ1n) is 8.76. The van der Waals surface area contributed by atoms with Gasteiger partial charge in [0.2, 0.25) is 5.91 Å². The third-order valence-corrected chi connectivity index (χ3v) is 4.72. The predicted octanol–water partition coefficient (Wildman–Crippen LogP) is 2.25. The topological polar surface area (TPSA) is 59.6 Å². The highest BCUT2D eigenvalue weighted by molar-refractivity contribution is 5.85.